The lowest BCUT2D eigenvalue weighted by atomic mass is 10.0. The van der Waals surface area contributed by atoms with Crippen LogP contribution >= 0.6 is 11.3 Å². The predicted octanol–water partition coefficient (Wildman–Crippen LogP) is 2.20. The minimum atomic E-state index is -0.0345. The summed E-state index contributed by atoms with van der Waals surface area (Å²) in [5.41, 5.74) is 7.62. The van der Waals surface area contributed by atoms with Gasteiger partial charge in [0.1, 0.15) is 5.84 Å². The van der Waals surface area contributed by atoms with Crippen LogP contribution in [0.4, 0.5) is 5.69 Å². The second kappa shape index (κ2) is 7.27. The number of hydrogen-bond acceptors (Lipinski definition) is 5. The number of nitrogens with one attached hydrogen (secondary N) is 2. The van der Waals surface area contributed by atoms with Gasteiger partial charge in [-0.2, -0.15) is 0 Å². The molecule has 1 atom stereocenters. The lowest BCUT2D eigenvalue weighted by Gasteiger charge is -2.07. The molecule has 5 nitrogen and oxygen atoms in total. The Balaban J connectivity index is 1.80. The molecule has 1 aromatic rings. The summed E-state index contributed by atoms with van der Waals surface area (Å²) >= 11 is 1.74. The molecule has 6 heteroatoms. The van der Waals surface area contributed by atoms with E-state index in [-0.39, 0.29) is 5.91 Å². The number of amidine groups is 1. The molecule has 1 saturated heterocycles. The molecule has 1 unspecified atom stereocenters. The van der Waals surface area contributed by atoms with E-state index in [1.165, 1.54) is 11.3 Å². The molecular weight excluding hydrogens is 308 g/mol. The highest BCUT2D eigenvalue weighted by Gasteiger charge is 2.20. The monoisotopic (exact) mass is 332 g/mol. The quantitative estimate of drug-likeness (QED) is 0.773. The van der Waals surface area contributed by atoms with Crippen LogP contribution < -0.4 is 16.4 Å². The number of amides is 1. The number of nitrogens with two attached hydrogens (primary N) is 1. The van der Waals surface area contributed by atoms with Crippen LogP contribution in [0, 0.1) is 5.92 Å². The van der Waals surface area contributed by atoms with Gasteiger partial charge in [-0.25, -0.2) is 4.99 Å². The third-order valence-corrected chi connectivity index (χ3v) is 5.31. The Kier molecular flexibility index (Phi) is 5.13. The number of aliphatic imine (C=N–C) groups is 1. The highest BCUT2D eigenvalue weighted by atomic mass is 32.1. The van der Waals surface area contributed by atoms with Crippen LogP contribution in [-0.4, -0.2) is 31.4 Å². The zero-order valence-electron chi connectivity index (χ0n) is 13.5. The highest BCUT2D eigenvalue weighted by molar-refractivity contribution is 7.13. The molecule has 1 fully saturated rings. The predicted molar refractivity (Wildman–Crippen MR) is 96.2 cm³/mol. The van der Waals surface area contributed by atoms with Crippen molar-refractivity contribution in [3.05, 3.63) is 21.4 Å². The van der Waals surface area contributed by atoms with Crippen LogP contribution in [0.15, 0.2) is 16.6 Å². The molecule has 23 heavy (non-hydrogen) atoms. The number of carbonyl (C=O) groups is 1. The molecule has 0 spiro atoms. The fraction of sp³-hybridized carbons (Fsp3) is 0.529. The molecule has 1 amide bonds. The summed E-state index contributed by atoms with van der Waals surface area (Å²) in [7, 11) is 0. The van der Waals surface area contributed by atoms with Crippen molar-refractivity contribution in [2.24, 2.45) is 16.6 Å². The van der Waals surface area contributed by atoms with Crippen LogP contribution in [-0.2, 0) is 11.2 Å². The van der Waals surface area contributed by atoms with Crippen molar-refractivity contribution in [2.45, 2.75) is 32.6 Å². The topological polar surface area (TPSA) is 79.5 Å². The zero-order chi connectivity index (χ0) is 16.2. The lowest BCUT2D eigenvalue weighted by molar-refractivity contribution is -0.117. The van der Waals surface area contributed by atoms with E-state index in [4.69, 9.17) is 5.73 Å². The zero-order valence-corrected chi connectivity index (χ0v) is 14.3. The summed E-state index contributed by atoms with van der Waals surface area (Å²) in [5.74, 6) is 1.18. The second-order valence-electron chi connectivity index (χ2n) is 6.23. The molecule has 4 N–H and O–H groups in total. The standard InChI is InChI=1S/C17H24N4OS/c1-2-4-20-17(22)12-7-15-14(21-16(18)8-12)9-13(23-15)6-11-3-5-19-10-11/h7,9,11,19H,2-6,8,10H2,1H3,(H2,18,21)(H,20,22). The molecule has 0 aromatic carbocycles. The Labute approximate surface area is 141 Å². The Morgan fingerprint density at radius 2 is 2.43 bits per heavy atom. The number of carbonyl (C=O) groups excluding carboxylic acids is 1. The van der Waals surface area contributed by atoms with Crippen LogP contribution in [0.25, 0.3) is 6.08 Å². The van der Waals surface area contributed by atoms with Crippen molar-refractivity contribution in [1.82, 2.24) is 10.6 Å². The first-order valence-corrected chi connectivity index (χ1v) is 9.12. The Bertz CT molecular complexity index is 641. The first-order chi connectivity index (χ1) is 11.2. The summed E-state index contributed by atoms with van der Waals surface area (Å²) in [4.78, 5) is 19.1. The molecule has 0 saturated carbocycles. The lowest BCUT2D eigenvalue weighted by Crippen LogP contribution is -2.27. The van der Waals surface area contributed by atoms with Gasteiger partial charge in [-0.05, 0) is 50.4 Å². The van der Waals surface area contributed by atoms with Crippen LogP contribution in [0.5, 0.6) is 0 Å². The third kappa shape index (κ3) is 4.00. The SMILES string of the molecule is CCCNC(=O)C1=Cc2sc(CC3CCNC3)cc2N=C(N)C1. The van der Waals surface area contributed by atoms with Crippen LogP contribution in [0.2, 0.25) is 0 Å². The van der Waals surface area contributed by atoms with Gasteiger partial charge in [0, 0.05) is 23.4 Å². The van der Waals surface area contributed by atoms with Crippen molar-refractivity contribution in [1.29, 1.82) is 0 Å². The Morgan fingerprint density at radius 1 is 1.57 bits per heavy atom. The molecule has 3 heterocycles. The first-order valence-electron chi connectivity index (χ1n) is 8.31. The van der Waals surface area contributed by atoms with Gasteiger partial charge in [-0.1, -0.05) is 6.92 Å². The summed E-state index contributed by atoms with van der Waals surface area (Å²) in [6.45, 7) is 4.93. The van der Waals surface area contributed by atoms with Gasteiger partial charge in [0.15, 0.2) is 0 Å². The van der Waals surface area contributed by atoms with E-state index in [0.29, 0.717) is 30.3 Å². The molecular formula is C17H24N4OS. The van der Waals surface area contributed by atoms with Gasteiger partial charge >= 0.3 is 0 Å². The maximum absolute atomic E-state index is 12.3. The number of hydrogen-bond donors (Lipinski definition) is 3. The van der Waals surface area contributed by atoms with Crippen molar-refractivity contribution >= 4 is 34.8 Å². The van der Waals surface area contributed by atoms with Crippen molar-refractivity contribution in [3.8, 4) is 0 Å². The second-order valence-corrected chi connectivity index (χ2v) is 7.40. The number of fused-ring (bicyclic) bond motifs is 1. The smallest absolute Gasteiger partial charge is 0.247 e. The van der Waals surface area contributed by atoms with Gasteiger partial charge < -0.3 is 16.4 Å². The first kappa shape index (κ1) is 16.2. The number of rotatable bonds is 5. The van der Waals surface area contributed by atoms with E-state index in [9.17, 15) is 4.79 Å². The average Bonchev–Trinajstić information content (AvgIpc) is 3.12. The number of nitrogens with zero attached hydrogens (tertiary/aromatic N) is 1. The number of thiophene rings is 1. The Morgan fingerprint density at radius 3 is 3.17 bits per heavy atom. The van der Waals surface area contributed by atoms with E-state index in [1.54, 1.807) is 11.3 Å². The molecule has 2 aliphatic rings. The van der Waals surface area contributed by atoms with Crippen LogP contribution in [0.3, 0.4) is 0 Å². The molecule has 3 rings (SSSR count). The molecule has 0 aliphatic carbocycles. The molecule has 0 radical (unpaired) electrons. The third-order valence-electron chi connectivity index (χ3n) is 4.21. The average molecular weight is 332 g/mol. The molecule has 124 valence electrons. The van der Waals surface area contributed by atoms with Gasteiger partial charge in [-0.3, -0.25) is 4.79 Å². The van der Waals surface area contributed by atoms with Gasteiger partial charge in [0.25, 0.3) is 0 Å². The Hall–Kier alpha value is -1.66. The fourth-order valence-electron chi connectivity index (χ4n) is 3.01. The fourth-order valence-corrected chi connectivity index (χ4v) is 4.19. The van der Waals surface area contributed by atoms with Crippen molar-refractivity contribution in [2.75, 3.05) is 19.6 Å². The summed E-state index contributed by atoms with van der Waals surface area (Å²) < 4.78 is 0. The summed E-state index contributed by atoms with van der Waals surface area (Å²) in [5, 5.41) is 6.33. The normalized spacial score (nSPS) is 20.5. The summed E-state index contributed by atoms with van der Waals surface area (Å²) in [6.07, 6.45) is 5.61. The van der Waals surface area contributed by atoms with E-state index in [0.717, 1.165) is 36.5 Å². The highest BCUT2D eigenvalue weighted by Crippen LogP contribution is 2.36. The largest absolute Gasteiger partial charge is 0.387 e. The van der Waals surface area contributed by atoms with Crippen molar-refractivity contribution < 1.29 is 4.79 Å². The summed E-state index contributed by atoms with van der Waals surface area (Å²) in [6, 6.07) is 2.13. The maximum Gasteiger partial charge on any atom is 0.247 e. The van der Waals surface area contributed by atoms with Crippen LogP contribution in [0.1, 0.15) is 35.9 Å². The molecule has 1 aromatic heterocycles. The molecule has 0 bridgehead atoms. The van der Waals surface area contributed by atoms with Gasteiger partial charge in [0.2, 0.25) is 5.91 Å². The maximum atomic E-state index is 12.3. The van der Waals surface area contributed by atoms with E-state index in [1.807, 2.05) is 13.0 Å². The van der Waals surface area contributed by atoms with Gasteiger partial charge in [0.05, 0.1) is 10.6 Å². The molecule has 2 aliphatic heterocycles. The van der Waals surface area contributed by atoms with Gasteiger partial charge in [-0.15, -0.1) is 11.3 Å². The minimum Gasteiger partial charge on any atom is -0.387 e. The minimum absolute atomic E-state index is 0.0345. The van der Waals surface area contributed by atoms with E-state index >= 15 is 0 Å². The van der Waals surface area contributed by atoms with E-state index < -0.39 is 0 Å². The van der Waals surface area contributed by atoms with E-state index in [2.05, 4.69) is 21.7 Å². The van der Waals surface area contributed by atoms with Crippen molar-refractivity contribution in [3.63, 3.8) is 0 Å².